The van der Waals surface area contributed by atoms with Crippen LogP contribution in [0.1, 0.15) is 6.92 Å². The summed E-state index contributed by atoms with van der Waals surface area (Å²) in [5, 5.41) is 4.30. The molecule has 6 nitrogen and oxygen atoms in total. The van der Waals surface area contributed by atoms with E-state index in [9.17, 15) is 8.42 Å². The lowest BCUT2D eigenvalue weighted by Gasteiger charge is -2.12. The lowest BCUT2D eigenvalue weighted by Crippen LogP contribution is -2.14. The highest BCUT2D eigenvalue weighted by atomic mass is 79.9. The number of nitrogens with zero attached hydrogens (tertiary/aromatic N) is 2. The van der Waals surface area contributed by atoms with Crippen molar-refractivity contribution in [1.82, 2.24) is 9.78 Å². The third kappa shape index (κ3) is 3.50. The lowest BCUT2D eigenvalue weighted by atomic mass is 10.3. The van der Waals surface area contributed by atoms with Crippen LogP contribution < -0.4 is 9.46 Å². The van der Waals surface area contributed by atoms with Crippen LogP contribution in [0.15, 0.2) is 33.9 Å². The van der Waals surface area contributed by atoms with Crippen molar-refractivity contribution < 1.29 is 13.2 Å². The number of sulfonamides is 1. The number of aromatic nitrogens is 2. The molecule has 0 fully saturated rings. The molecule has 21 heavy (non-hydrogen) atoms. The molecule has 1 N–H and O–H groups in total. The van der Waals surface area contributed by atoms with Gasteiger partial charge in [-0.2, -0.15) is 5.10 Å². The molecule has 2 aromatic rings. The Bertz CT molecular complexity index is 761. The van der Waals surface area contributed by atoms with Gasteiger partial charge < -0.3 is 4.74 Å². The van der Waals surface area contributed by atoms with Crippen molar-refractivity contribution >= 4 is 43.2 Å². The smallest absolute Gasteiger partial charge is 0.265 e. The summed E-state index contributed by atoms with van der Waals surface area (Å²) < 4.78 is 34.6. The van der Waals surface area contributed by atoms with E-state index in [-0.39, 0.29) is 15.7 Å². The van der Waals surface area contributed by atoms with E-state index in [4.69, 9.17) is 16.3 Å². The highest BCUT2D eigenvalue weighted by Crippen LogP contribution is 2.36. The summed E-state index contributed by atoms with van der Waals surface area (Å²) in [4.78, 5) is -0.0476. The number of nitrogens with one attached hydrogen (secondary N) is 1. The van der Waals surface area contributed by atoms with Crippen LogP contribution in [-0.4, -0.2) is 25.3 Å². The van der Waals surface area contributed by atoms with Crippen molar-refractivity contribution in [1.29, 1.82) is 0 Å². The summed E-state index contributed by atoms with van der Waals surface area (Å²) in [5.74, 6) is 0.190. The Morgan fingerprint density at radius 2 is 2.19 bits per heavy atom. The molecule has 114 valence electrons. The molecule has 1 heterocycles. The van der Waals surface area contributed by atoms with Gasteiger partial charge in [-0.3, -0.25) is 9.40 Å². The first-order chi connectivity index (χ1) is 9.87. The second-order valence-corrected chi connectivity index (χ2v) is 7.05. The molecule has 0 spiro atoms. The second-order valence-electron chi connectivity index (χ2n) is 4.11. The normalized spacial score (nSPS) is 11.4. The predicted octanol–water partition coefficient (Wildman–Crippen LogP) is 3.13. The van der Waals surface area contributed by atoms with Crippen LogP contribution in [0.5, 0.6) is 5.75 Å². The van der Waals surface area contributed by atoms with Gasteiger partial charge in [0.25, 0.3) is 10.0 Å². The standard InChI is InChI=1S/C12H13BrClN3O3S/c1-3-17-7-9(6-15-17)16-21(18,19)11-5-8(14)4-10(13)12(11)20-2/h4-7,16H,3H2,1-2H3. The number of halogens is 2. The molecule has 1 aromatic carbocycles. The maximum Gasteiger partial charge on any atom is 0.265 e. The Morgan fingerprint density at radius 3 is 2.76 bits per heavy atom. The van der Waals surface area contributed by atoms with Gasteiger partial charge in [-0.1, -0.05) is 11.6 Å². The third-order valence-corrected chi connectivity index (χ3v) is 4.87. The quantitative estimate of drug-likeness (QED) is 0.845. The van der Waals surface area contributed by atoms with Gasteiger partial charge in [-0.05, 0) is 35.0 Å². The zero-order chi connectivity index (χ0) is 15.6. The fourth-order valence-corrected chi connectivity index (χ4v) is 4.15. The molecule has 0 aliphatic rings. The van der Waals surface area contributed by atoms with Crippen LogP contribution in [-0.2, 0) is 16.6 Å². The van der Waals surface area contributed by atoms with Gasteiger partial charge in [0.1, 0.15) is 4.90 Å². The van der Waals surface area contributed by atoms with Gasteiger partial charge in [0.05, 0.1) is 23.5 Å². The first-order valence-corrected chi connectivity index (χ1v) is 8.61. The number of hydrogen-bond acceptors (Lipinski definition) is 4. The minimum Gasteiger partial charge on any atom is -0.494 e. The number of rotatable bonds is 5. The molecule has 0 aliphatic heterocycles. The Labute approximate surface area is 136 Å². The highest BCUT2D eigenvalue weighted by molar-refractivity contribution is 9.10. The fourth-order valence-electron chi connectivity index (χ4n) is 1.73. The van der Waals surface area contributed by atoms with Crippen LogP contribution in [0, 0.1) is 0 Å². The molecule has 2 rings (SSSR count). The van der Waals surface area contributed by atoms with E-state index in [0.29, 0.717) is 16.7 Å². The van der Waals surface area contributed by atoms with Crippen LogP contribution >= 0.6 is 27.5 Å². The average Bonchev–Trinajstić information content (AvgIpc) is 2.85. The Balaban J connectivity index is 2.44. The minimum atomic E-state index is -3.84. The van der Waals surface area contributed by atoms with Crippen molar-refractivity contribution in [2.24, 2.45) is 0 Å². The van der Waals surface area contributed by atoms with Crippen LogP contribution in [0.25, 0.3) is 0 Å². The van der Waals surface area contributed by atoms with Crippen molar-refractivity contribution in [2.75, 3.05) is 11.8 Å². The average molecular weight is 395 g/mol. The van der Waals surface area contributed by atoms with Crippen LogP contribution in [0.3, 0.4) is 0 Å². The second kappa shape index (κ2) is 6.25. The maximum absolute atomic E-state index is 12.5. The van der Waals surface area contributed by atoms with E-state index in [0.717, 1.165) is 0 Å². The Kier molecular flexibility index (Phi) is 4.80. The van der Waals surface area contributed by atoms with Gasteiger partial charge in [0, 0.05) is 17.8 Å². The molecule has 0 saturated heterocycles. The van der Waals surface area contributed by atoms with E-state index in [2.05, 4.69) is 25.8 Å². The predicted molar refractivity (Wildman–Crippen MR) is 84.4 cm³/mol. The summed E-state index contributed by atoms with van der Waals surface area (Å²) in [6, 6.07) is 2.90. The number of ether oxygens (including phenoxy) is 1. The number of anilines is 1. The Morgan fingerprint density at radius 1 is 1.48 bits per heavy atom. The molecule has 0 unspecified atom stereocenters. The minimum absolute atomic E-state index is 0.0476. The van der Waals surface area contributed by atoms with Crippen LogP contribution in [0.2, 0.25) is 5.02 Å². The van der Waals surface area contributed by atoms with E-state index in [1.54, 1.807) is 16.9 Å². The van der Waals surface area contributed by atoms with Crippen molar-refractivity contribution in [3.8, 4) is 5.75 Å². The lowest BCUT2D eigenvalue weighted by molar-refractivity contribution is 0.400. The number of hydrogen-bond donors (Lipinski definition) is 1. The number of aryl methyl sites for hydroxylation is 1. The van der Waals surface area contributed by atoms with E-state index < -0.39 is 10.0 Å². The van der Waals surface area contributed by atoms with Gasteiger partial charge >= 0.3 is 0 Å². The van der Waals surface area contributed by atoms with E-state index in [1.165, 1.54) is 19.4 Å². The first kappa shape index (κ1) is 16.1. The zero-order valence-electron chi connectivity index (χ0n) is 11.3. The summed E-state index contributed by atoms with van der Waals surface area (Å²) in [7, 11) is -2.45. The molecular formula is C12H13BrClN3O3S. The first-order valence-electron chi connectivity index (χ1n) is 5.95. The topological polar surface area (TPSA) is 73.2 Å². The highest BCUT2D eigenvalue weighted by Gasteiger charge is 2.23. The van der Waals surface area contributed by atoms with Gasteiger partial charge in [-0.15, -0.1) is 0 Å². The molecule has 0 saturated carbocycles. The summed E-state index contributed by atoms with van der Waals surface area (Å²) >= 11 is 9.15. The molecular weight excluding hydrogens is 382 g/mol. The third-order valence-electron chi connectivity index (χ3n) is 2.68. The zero-order valence-corrected chi connectivity index (χ0v) is 14.5. The van der Waals surface area contributed by atoms with Crippen molar-refractivity contribution in [2.45, 2.75) is 18.4 Å². The summed E-state index contributed by atoms with van der Waals surface area (Å²) in [5.41, 5.74) is 0.370. The summed E-state index contributed by atoms with van der Waals surface area (Å²) in [6.45, 7) is 2.55. The van der Waals surface area contributed by atoms with Gasteiger partial charge in [0.2, 0.25) is 0 Å². The Hall–Kier alpha value is -1.25. The molecule has 0 amide bonds. The fraction of sp³-hybridized carbons (Fsp3) is 0.250. The van der Waals surface area contributed by atoms with Crippen molar-refractivity contribution in [3.05, 3.63) is 34.0 Å². The molecule has 0 aliphatic carbocycles. The van der Waals surface area contributed by atoms with Crippen molar-refractivity contribution in [3.63, 3.8) is 0 Å². The van der Waals surface area contributed by atoms with Gasteiger partial charge in [0.15, 0.2) is 5.75 Å². The SMILES string of the molecule is CCn1cc(NS(=O)(=O)c2cc(Cl)cc(Br)c2OC)cn1. The molecule has 0 radical (unpaired) electrons. The monoisotopic (exact) mass is 393 g/mol. The molecule has 0 atom stereocenters. The van der Waals surface area contributed by atoms with E-state index in [1.807, 2.05) is 6.92 Å². The molecule has 1 aromatic heterocycles. The molecule has 9 heteroatoms. The molecule has 0 bridgehead atoms. The largest absolute Gasteiger partial charge is 0.494 e. The maximum atomic E-state index is 12.5. The van der Waals surface area contributed by atoms with Crippen LogP contribution in [0.4, 0.5) is 5.69 Å². The summed E-state index contributed by atoms with van der Waals surface area (Å²) in [6.07, 6.45) is 3.04. The van der Waals surface area contributed by atoms with Gasteiger partial charge in [-0.25, -0.2) is 8.42 Å². The number of benzene rings is 1. The number of methoxy groups -OCH3 is 1. The van der Waals surface area contributed by atoms with E-state index >= 15 is 0 Å².